The summed E-state index contributed by atoms with van der Waals surface area (Å²) in [5.41, 5.74) is 6.73. The van der Waals surface area contributed by atoms with Crippen molar-refractivity contribution in [1.29, 1.82) is 0 Å². The predicted octanol–water partition coefficient (Wildman–Crippen LogP) is 2.80. The lowest BCUT2D eigenvalue weighted by atomic mass is 10.1. The van der Waals surface area contributed by atoms with Gasteiger partial charge in [0.05, 0.1) is 0 Å². The molecule has 0 unspecified atom stereocenters. The van der Waals surface area contributed by atoms with Crippen LogP contribution in [0.25, 0.3) is 10.8 Å². The van der Waals surface area contributed by atoms with E-state index in [9.17, 15) is 0 Å². The second-order valence-corrected chi connectivity index (χ2v) is 4.42. The number of oxime groups is 1. The molecule has 4 nitrogen and oxygen atoms in total. The number of hydrogen-bond donors (Lipinski definition) is 2. The average Bonchev–Trinajstić information content (AvgIpc) is 2.47. The zero-order valence-electron chi connectivity index (χ0n) is 11.1. The topological polar surface area (TPSA) is 61.8 Å². The summed E-state index contributed by atoms with van der Waals surface area (Å²) < 4.78 is 0. The molecule has 0 saturated carbocycles. The second-order valence-electron chi connectivity index (χ2n) is 4.42. The molecule has 0 atom stereocenters. The lowest BCUT2D eigenvalue weighted by molar-refractivity contribution is 0.317. The molecule has 0 fully saturated rings. The van der Waals surface area contributed by atoms with Crippen LogP contribution in [-0.2, 0) is 0 Å². The molecule has 3 N–H and O–H groups in total. The number of fused-ring (bicyclic) bond motifs is 1. The Morgan fingerprint density at radius 3 is 2.68 bits per heavy atom. The largest absolute Gasteiger partial charge is 0.409 e. The first-order valence-corrected chi connectivity index (χ1v) is 6.45. The van der Waals surface area contributed by atoms with Gasteiger partial charge < -0.3 is 15.8 Å². The molecular formula is C15H19N3O. The SMILES string of the molecule is CCN(CC/C(N)=N/O)c1cccc2ccccc12. The van der Waals surface area contributed by atoms with Crippen LogP contribution < -0.4 is 10.6 Å². The second kappa shape index (κ2) is 6.09. The molecule has 0 saturated heterocycles. The van der Waals surface area contributed by atoms with Crippen molar-refractivity contribution in [2.24, 2.45) is 10.9 Å². The summed E-state index contributed by atoms with van der Waals surface area (Å²) in [5.74, 6) is 0.263. The third-order valence-electron chi connectivity index (χ3n) is 3.26. The van der Waals surface area contributed by atoms with E-state index in [1.165, 1.54) is 16.5 Å². The summed E-state index contributed by atoms with van der Waals surface area (Å²) in [6.07, 6.45) is 0.549. The maximum Gasteiger partial charge on any atom is 0.140 e. The Kier molecular flexibility index (Phi) is 4.23. The van der Waals surface area contributed by atoms with Crippen molar-refractivity contribution in [3.63, 3.8) is 0 Å². The van der Waals surface area contributed by atoms with Crippen molar-refractivity contribution in [3.05, 3.63) is 42.5 Å². The van der Waals surface area contributed by atoms with Crippen LogP contribution in [0.5, 0.6) is 0 Å². The van der Waals surface area contributed by atoms with E-state index >= 15 is 0 Å². The fourth-order valence-electron chi connectivity index (χ4n) is 2.23. The van der Waals surface area contributed by atoms with Gasteiger partial charge in [0.15, 0.2) is 0 Å². The third-order valence-corrected chi connectivity index (χ3v) is 3.26. The van der Waals surface area contributed by atoms with E-state index < -0.39 is 0 Å². The number of amidine groups is 1. The molecule has 4 heteroatoms. The lowest BCUT2D eigenvalue weighted by Gasteiger charge is -2.24. The van der Waals surface area contributed by atoms with Crippen LogP contribution in [0, 0.1) is 0 Å². The predicted molar refractivity (Wildman–Crippen MR) is 79.9 cm³/mol. The zero-order valence-corrected chi connectivity index (χ0v) is 11.1. The first kappa shape index (κ1) is 13.2. The van der Waals surface area contributed by atoms with E-state index in [4.69, 9.17) is 10.9 Å². The van der Waals surface area contributed by atoms with Crippen LogP contribution in [0.4, 0.5) is 5.69 Å². The normalized spacial score (nSPS) is 11.7. The van der Waals surface area contributed by atoms with Crippen LogP contribution in [-0.4, -0.2) is 24.1 Å². The van der Waals surface area contributed by atoms with Crippen LogP contribution >= 0.6 is 0 Å². The highest BCUT2D eigenvalue weighted by atomic mass is 16.4. The molecule has 2 aromatic carbocycles. The fourth-order valence-corrected chi connectivity index (χ4v) is 2.23. The first-order chi connectivity index (χ1) is 9.26. The van der Waals surface area contributed by atoms with Crippen molar-refractivity contribution in [2.45, 2.75) is 13.3 Å². The van der Waals surface area contributed by atoms with Gasteiger partial charge in [-0.2, -0.15) is 0 Å². The summed E-state index contributed by atoms with van der Waals surface area (Å²) in [4.78, 5) is 2.24. The molecule has 0 heterocycles. The van der Waals surface area contributed by atoms with Gasteiger partial charge in [-0.15, -0.1) is 0 Å². The van der Waals surface area contributed by atoms with Gasteiger partial charge in [0.1, 0.15) is 5.84 Å². The van der Waals surface area contributed by atoms with E-state index in [-0.39, 0.29) is 5.84 Å². The van der Waals surface area contributed by atoms with Crippen LogP contribution in [0.1, 0.15) is 13.3 Å². The van der Waals surface area contributed by atoms with Gasteiger partial charge in [0.2, 0.25) is 0 Å². The minimum Gasteiger partial charge on any atom is -0.409 e. The molecule has 19 heavy (non-hydrogen) atoms. The van der Waals surface area contributed by atoms with Crippen molar-refractivity contribution >= 4 is 22.3 Å². The minimum absolute atomic E-state index is 0.263. The molecule has 0 radical (unpaired) electrons. The number of anilines is 1. The first-order valence-electron chi connectivity index (χ1n) is 6.45. The highest BCUT2D eigenvalue weighted by Gasteiger charge is 2.08. The highest BCUT2D eigenvalue weighted by molar-refractivity contribution is 5.94. The van der Waals surface area contributed by atoms with E-state index in [0.717, 1.165) is 13.1 Å². The summed E-state index contributed by atoms with van der Waals surface area (Å²) in [6.45, 7) is 3.72. The van der Waals surface area contributed by atoms with Gasteiger partial charge in [0.25, 0.3) is 0 Å². The molecule has 0 amide bonds. The van der Waals surface area contributed by atoms with Crippen molar-refractivity contribution in [3.8, 4) is 0 Å². The summed E-state index contributed by atoms with van der Waals surface area (Å²) >= 11 is 0. The van der Waals surface area contributed by atoms with Gasteiger partial charge in [0, 0.05) is 30.6 Å². The summed E-state index contributed by atoms with van der Waals surface area (Å²) in [6, 6.07) is 14.6. The van der Waals surface area contributed by atoms with Gasteiger partial charge >= 0.3 is 0 Å². The number of hydrogen-bond acceptors (Lipinski definition) is 3. The van der Waals surface area contributed by atoms with E-state index in [1.807, 2.05) is 12.1 Å². The van der Waals surface area contributed by atoms with Gasteiger partial charge in [-0.1, -0.05) is 41.6 Å². The Morgan fingerprint density at radius 2 is 1.95 bits per heavy atom. The zero-order chi connectivity index (χ0) is 13.7. The molecule has 0 aliphatic carbocycles. The standard InChI is InChI=1S/C15H19N3O/c1-2-18(11-10-15(16)17-19)14-9-5-7-12-6-3-4-8-13(12)14/h3-9,19H,2,10-11H2,1H3,(H2,16,17). The average molecular weight is 257 g/mol. The molecule has 0 aromatic heterocycles. The molecule has 0 aliphatic heterocycles. The van der Waals surface area contributed by atoms with Gasteiger partial charge in [-0.25, -0.2) is 0 Å². The van der Waals surface area contributed by atoms with Crippen LogP contribution in [0.3, 0.4) is 0 Å². The Hall–Kier alpha value is -2.23. The van der Waals surface area contributed by atoms with Crippen LogP contribution in [0.2, 0.25) is 0 Å². The Bertz CT molecular complexity index is 575. The molecule has 0 aliphatic rings. The summed E-state index contributed by atoms with van der Waals surface area (Å²) in [5, 5.41) is 14.1. The minimum atomic E-state index is 0.263. The Morgan fingerprint density at radius 1 is 1.21 bits per heavy atom. The monoisotopic (exact) mass is 257 g/mol. The van der Waals surface area contributed by atoms with Crippen molar-refractivity contribution in [2.75, 3.05) is 18.0 Å². The molecular weight excluding hydrogens is 238 g/mol. The molecule has 100 valence electrons. The van der Waals surface area contributed by atoms with Gasteiger partial charge in [-0.3, -0.25) is 0 Å². The van der Waals surface area contributed by atoms with E-state index in [1.54, 1.807) is 0 Å². The molecule has 2 aromatic rings. The molecule has 0 bridgehead atoms. The number of benzene rings is 2. The summed E-state index contributed by atoms with van der Waals surface area (Å²) in [7, 11) is 0. The van der Waals surface area contributed by atoms with E-state index in [0.29, 0.717) is 6.42 Å². The highest BCUT2D eigenvalue weighted by Crippen LogP contribution is 2.26. The van der Waals surface area contributed by atoms with Crippen molar-refractivity contribution in [1.82, 2.24) is 0 Å². The maximum absolute atomic E-state index is 8.61. The Labute approximate surface area is 113 Å². The third kappa shape index (κ3) is 2.96. The van der Waals surface area contributed by atoms with Gasteiger partial charge in [-0.05, 0) is 18.4 Å². The smallest absolute Gasteiger partial charge is 0.140 e. The lowest BCUT2D eigenvalue weighted by Crippen LogP contribution is -2.28. The number of rotatable bonds is 5. The maximum atomic E-state index is 8.61. The van der Waals surface area contributed by atoms with Crippen LogP contribution in [0.15, 0.2) is 47.6 Å². The molecule has 0 spiro atoms. The Balaban J connectivity index is 2.30. The number of nitrogens with two attached hydrogens (primary N) is 1. The van der Waals surface area contributed by atoms with E-state index in [2.05, 4.69) is 47.3 Å². The quantitative estimate of drug-likeness (QED) is 0.375. The molecule has 2 rings (SSSR count). The fraction of sp³-hybridized carbons (Fsp3) is 0.267. The van der Waals surface area contributed by atoms with Crippen molar-refractivity contribution < 1.29 is 5.21 Å². The number of nitrogens with zero attached hydrogens (tertiary/aromatic N) is 2.